The average molecular weight is 280 g/mol. The largest absolute Gasteiger partial charge is 0.497 e. The van der Waals surface area contributed by atoms with Gasteiger partial charge in [0.2, 0.25) is 0 Å². The fourth-order valence-corrected chi connectivity index (χ4v) is 2.51. The average Bonchev–Trinajstić information content (AvgIpc) is 2.82. The number of aryl methyl sites for hydroxylation is 1. The molecule has 1 aliphatic carbocycles. The fraction of sp³-hybridized carbons (Fsp3) is 0.357. The van der Waals surface area contributed by atoms with Crippen molar-refractivity contribution in [1.29, 1.82) is 0 Å². The Morgan fingerprint density at radius 1 is 1.32 bits per heavy atom. The molecule has 1 aromatic carbocycles. The van der Waals surface area contributed by atoms with Crippen molar-refractivity contribution < 1.29 is 4.74 Å². The molecular formula is C14H18ClN3O. The van der Waals surface area contributed by atoms with Crippen molar-refractivity contribution >= 4 is 12.4 Å². The van der Waals surface area contributed by atoms with Gasteiger partial charge in [0, 0.05) is 22.9 Å². The van der Waals surface area contributed by atoms with Crippen molar-refractivity contribution in [2.24, 2.45) is 5.73 Å². The van der Waals surface area contributed by atoms with E-state index in [2.05, 4.69) is 10.2 Å². The molecule has 1 heterocycles. The number of H-pyrrole nitrogens is 1. The molecule has 5 heteroatoms. The summed E-state index contributed by atoms with van der Waals surface area (Å²) in [5, 5.41) is 7.57. The van der Waals surface area contributed by atoms with E-state index in [0.29, 0.717) is 0 Å². The highest BCUT2D eigenvalue weighted by atomic mass is 35.5. The maximum absolute atomic E-state index is 6.04. The second-order valence-electron chi connectivity index (χ2n) is 4.76. The quantitative estimate of drug-likeness (QED) is 0.887. The second kappa shape index (κ2) is 5.63. The Kier molecular flexibility index (Phi) is 4.12. The van der Waals surface area contributed by atoms with Crippen molar-refractivity contribution in [3.05, 3.63) is 35.5 Å². The summed E-state index contributed by atoms with van der Waals surface area (Å²) in [6.07, 6.45) is 2.95. The third-order valence-corrected chi connectivity index (χ3v) is 3.55. The Bertz CT molecular complexity index is 550. The molecule has 2 aromatic rings. The molecule has 0 spiro atoms. The molecule has 0 radical (unpaired) electrons. The lowest BCUT2D eigenvalue weighted by Crippen LogP contribution is -2.27. The Morgan fingerprint density at radius 3 is 2.74 bits per heavy atom. The van der Waals surface area contributed by atoms with E-state index >= 15 is 0 Å². The first-order valence-electron chi connectivity index (χ1n) is 6.24. The number of benzene rings is 1. The van der Waals surface area contributed by atoms with Gasteiger partial charge in [-0.05, 0) is 43.5 Å². The van der Waals surface area contributed by atoms with Gasteiger partial charge in [-0.2, -0.15) is 5.10 Å². The van der Waals surface area contributed by atoms with Crippen LogP contribution in [0.3, 0.4) is 0 Å². The lowest BCUT2D eigenvalue weighted by atomic mass is 9.90. The maximum Gasteiger partial charge on any atom is 0.118 e. The van der Waals surface area contributed by atoms with Gasteiger partial charge in [0.05, 0.1) is 12.8 Å². The van der Waals surface area contributed by atoms with Gasteiger partial charge in [0.25, 0.3) is 0 Å². The van der Waals surface area contributed by atoms with E-state index in [1.165, 1.54) is 11.3 Å². The number of fused-ring (bicyclic) bond motifs is 1. The van der Waals surface area contributed by atoms with Crippen LogP contribution in [0.15, 0.2) is 24.3 Å². The predicted octanol–water partition coefficient (Wildman–Crippen LogP) is 2.32. The summed E-state index contributed by atoms with van der Waals surface area (Å²) in [6.45, 7) is 0. The van der Waals surface area contributed by atoms with Gasteiger partial charge in [-0.25, -0.2) is 0 Å². The van der Waals surface area contributed by atoms with Crippen LogP contribution in [0.5, 0.6) is 5.75 Å². The maximum atomic E-state index is 6.04. The summed E-state index contributed by atoms with van der Waals surface area (Å²) in [6, 6.07) is 8.25. The molecule has 1 aromatic heterocycles. The molecule has 1 atom stereocenters. The highest BCUT2D eigenvalue weighted by Crippen LogP contribution is 2.29. The third kappa shape index (κ3) is 2.60. The van der Waals surface area contributed by atoms with E-state index in [1.54, 1.807) is 7.11 Å². The van der Waals surface area contributed by atoms with Gasteiger partial charge in [0.15, 0.2) is 0 Å². The molecular weight excluding hydrogens is 262 g/mol. The molecule has 19 heavy (non-hydrogen) atoms. The van der Waals surface area contributed by atoms with Gasteiger partial charge < -0.3 is 10.5 Å². The van der Waals surface area contributed by atoms with Crippen molar-refractivity contribution in [2.45, 2.75) is 25.3 Å². The minimum Gasteiger partial charge on any atom is -0.497 e. The molecule has 1 aliphatic rings. The molecule has 102 valence electrons. The molecule has 0 saturated heterocycles. The number of aromatic nitrogens is 2. The predicted molar refractivity (Wildman–Crippen MR) is 77.8 cm³/mol. The first-order chi connectivity index (χ1) is 8.78. The van der Waals surface area contributed by atoms with Gasteiger partial charge in [-0.15, -0.1) is 12.4 Å². The molecule has 0 aliphatic heterocycles. The van der Waals surface area contributed by atoms with E-state index in [0.717, 1.165) is 36.3 Å². The smallest absolute Gasteiger partial charge is 0.118 e. The topological polar surface area (TPSA) is 63.9 Å². The number of hydrogen-bond donors (Lipinski definition) is 2. The van der Waals surface area contributed by atoms with Gasteiger partial charge in [0.1, 0.15) is 5.75 Å². The highest BCUT2D eigenvalue weighted by molar-refractivity contribution is 5.85. The second-order valence-corrected chi connectivity index (χ2v) is 4.76. The van der Waals surface area contributed by atoms with Crippen LogP contribution in [0.1, 0.15) is 17.7 Å². The lowest BCUT2D eigenvalue weighted by Gasteiger charge is -2.18. The summed E-state index contributed by atoms with van der Waals surface area (Å²) in [5.41, 5.74) is 10.7. The zero-order valence-electron chi connectivity index (χ0n) is 10.8. The fourth-order valence-electron chi connectivity index (χ4n) is 2.51. The Labute approximate surface area is 118 Å². The van der Waals surface area contributed by atoms with E-state index in [-0.39, 0.29) is 18.4 Å². The van der Waals surface area contributed by atoms with Crippen LogP contribution in [0.25, 0.3) is 11.3 Å². The Hall–Kier alpha value is -1.52. The molecule has 3 rings (SSSR count). The van der Waals surface area contributed by atoms with Crippen molar-refractivity contribution in [3.8, 4) is 17.0 Å². The van der Waals surface area contributed by atoms with Crippen LogP contribution in [0, 0.1) is 0 Å². The molecule has 0 fully saturated rings. The number of nitrogens with two attached hydrogens (primary N) is 1. The van der Waals surface area contributed by atoms with Crippen LogP contribution in [-0.4, -0.2) is 23.3 Å². The van der Waals surface area contributed by atoms with Gasteiger partial charge >= 0.3 is 0 Å². The van der Waals surface area contributed by atoms with Crippen LogP contribution >= 0.6 is 12.4 Å². The van der Waals surface area contributed by atoms with Crippen molar-refractivity contribution in [3.63, 3.8) is 0 Å². The summed E-state index contributed by atoms with van der Waals surface area (Å²) in [5.74, 6) is 0.861. The molecule has 0 saturated carbocycles. The third-order valence-electron chi connectivity index (χ3n) is 3.55. The SMILES string of the molecule is COc1ccc(-c2n[nH]c3c2CC(N)CC3)cc1.Cl. The first kappa shape index (κ1) is 13.9. The monoisotopic (exact) mass is 279 g/mol. The van der Waals surface area contributed by atoms with Gasteiger partial charge in [-0.1, -0.05) is 0 Å². The highest BCUT2D eigenvalue weighted by Gasteiger charge is 2.21. The van der Waals surface area contributed by atoms with E-state index in [9.17, 15) is 0 Å². The minimum absolute atomic E-state index is 0. The summed E-state index contributed by atoms with van der Waals surface area (Å²) in [7, 11) is 1.67. The standard InChI is InChI=1S/C14H17N3O.ClH/c1-18-11-5-2-9(3-6-11)14-12-8-10(15)4-7-13(12)16-17-14;/h2-3,5-6,10H,4,7-8,15H2,1H3,(H,16,17);1H. The summed E-state index contributed by atoms with van der Waals surface area (Å²) >= 11 is 0. The lowest BCUT2D eigenvalue weighted by molar-refractivity contribution is 0.415. The van der Waals surface area contributed by atoms with E-state index in [4.69, 9.17) is 10.5 Å². The molecule has 4 nitrogen and oxygen atoms in total. The van der Waals surface area contributed by atoms with Crippen LogP contribution in [-0.2, 0) is 12.8 Å². The number of aromatic amines is 1. The molecule has 1 unspecified atom stereocenters. The molecule has 0 bridgehead atoms. The van der Waals surface area contributed by atoms with Crippen LogP contribution < -0.4 is 10.5 Å². The van der Waals surface area contributed by atoms with Crippen molar-refractivity contribution in [1.82, 2.24) is 10.2 Å². The van der Waals surface area contributed by atoms with Crippen LogP contribution in [0.4, 0.5) is 0 Å². The zero-order chi connectivity index (χ0) is 12.5. The number of hydrogen-bond acceptors (Lipinski definition) is 3. The summed E-state index contributed by atoms with van der Waals surface area (Å²) in [4.78, 5) is 0. The Balaban J connectivity index is 0.00000133. The van der Waals surface area contributed by atoms with E-state index in [1.807, 2.05) is 24.3 Å². The number of methoxy groups -OCH3 is 1. The summed E-state index contributed by atoms with van der Waals surface area (Å²) < 4.78 is 5.17. The number of rotatable bonds is 2. The zero-order valence-corrected chi connectivity index (χ0v) is 11.7. The van der Waals surface area contributed by atoms with Crippen LogP contribution in [0.2, 0.25) is 0 Å². The molecule has 3 N–H and O–H groups in total. The first-order valence-corrected chi connectivity index (χ1v) is 6.24. The minimum atomic E-state index is 0. The molecule has 0 amide bonds. The number of ether oxygens (including phenoxy) is 1. The number of halogens is 1. The normalized spacial score (nSPS) is 17.5. The number of nitrogens with zero attached hydrogens (tertiary/aromatic N) is 1. The van der Waals surface area contributed by atoms with Crippen molar-refractivity contribution in [2.75, 3.05) is 7.11 Å². The van der Waals surface area contributed by atoms with E-state index < -0.39 is 0 Å². The Morgan fingerprint density at radius 2 is 2.05 bits per heavy atom. The number of nitrogens with one attached hydrogen (secondary N) is 1. The van der Waals surface area contributed by atoms with Gasteiger partial charge in [-0.3, -0.25) is 5.10 Å².